The molecule has 1 amide bonds. The summed E-state index contributed by atoms with van der Waals surface area (Å²) in [5.74, 6) is 1.29. The number of hydrogen-bond donors (Lipinski definition) is 1. The van der Waals surface area contributed by atoms with Crippen molar-refractivity contribution in [2.45, 2.75) is 13.8 Å². The van der Waals surface area contributed by atoms with Gasteiger partial charge >= 0.3 is 0 Å². The number of carbonyl (C=O) groups is 1. The van der Waals surface area contributed by atoms with E-state index in [1.165, 1.54) is 0 Å². The molecule has 0 aliphatic heterocycles. The van der Waals surface area contributed by atoms with Crippen molar-refractivity contribution in [3.63, 3.8) is 0 Å². The number of carbonyl (C=O) groups excluding carboxylic acids is 1. The summed E-state index contributed by atoms with van der Waals surface area (Å²) < 4.78 is 16.7. The molecule has 0 spiro atoms. The summed E-state index contributed by atoms with van der Waals surface area (Å²) >= 11 is 5.99. The standard InChI is InChI=1S/C26H22ClNO5/c1-15-4-7-18(27)12-22(15)28-24(29)14-32-20-10-11-21-23(13-20)33-16(2)25(26(21)30)17-5-8-19(31-3)9-6-17/h4-13H,14H2,1-3H3,(H,28,29). The average Bonchev–Trinajstić information content (AvgIpc) is 2.80. The summed E-state index contributed by atoms with van der Waals surface area (Å²) in [6.07, 6.45) is 0. The van der Waals surface area contributed by atoms with E-state index in [9.17, 15) is 9.59 Å². The minimum atomic E-state index is -0.326. The largest absolute Gasteiger partial charge is 0.497 e. The number of rotatable bonds is 6. The summed E-state index contributed by atoms with van der Waals surface area (Å²) in [6.45, 7) is 3.42. The third-order valence-corrected chi connectivity index (χ3v) is 5.50. The van der Waals surface area contributed by atoms with Crippen LogP contribution in [0.2, 0.25) is 5.02 Å². The second-order valence-electron chi connectivity index (χ2n) is 7.54. The van der Waals surface area contributed by atoms with Crippen molar-refractivity contribution in [2.24, 2.45) is 0 Å². The van der Waals surface area contributed by atoms with Gasteiger partial charge in [0.25, 0.3) is 5.91 Å². The summed E-state index contributed by atoms with van der Waals surface area (Å²) in [6, 6.07) is 17.4. The van der Waals surface area contributed by atoms with Crippen LogP contribution in [-0.4, -0.2) is 19.6 Å². The van der Waals surface area contributed by atoms with Crippen molar-refractivity contribution in [3.8, 4) is 22.6 Å². The van der Waals surface area contributed by atoms with Crippen molar-refractivity contribution in [2.75, 3.05) is 19.0 Å². The number of fused-ring (bicyclic) bond motifs is 1. The van der Waals surface area contributed by atoms with Gasteiger partial charge < -0.3 is 19.2 Å². The van der Waals surface area contributed by atoms with Crippen LogP contribution in [0.5, 0.6) is 11.5 Å². The SMILES string of the molecule is COc1ccc(-c2c(C)oc3cc(OCC(=O)Nc4cc(Cl)ccc4C)ccc3c2=O)cc1. The van der Waals surface area contributed by atoms with E-state index in [1.54, 1.807) is 56.5 Å². The second kappa shape index (κ2) is 9.38. The van der Waals surface area contributed by atoms with E-state index >= 15 is 0 Å². The second-order valence-corrected chi connectivity index (χ2v) is 7.98. The molecule has 1 heterocycles. The van der Waals surface area contributed by atoms with Gasteiger partial charge in [0.05, 0.1) is 18.1 Å². The van der Waals surface area contributed by atoms with Gasteiger partial charge in [-0.3, -0.25) is 9.59 Å². The normalized spacial score (nSPS) is 10.8. The lowest BCUT2D eigenvalue weighted by atomic mass is 10.0. The minimum absolute atomic E-state index is 0.139. The van der Waals surface area contributed by atoms with Crippen molar-refractivity contribution >= 4 is 34.2 Å². The van der Waals surface area contributed by atoms with Gasteiger partial charge in [-0.25, -0.2) is 0 Å². The lowest BCUT2D eigenvalue weighted by Gasteiger charge is -2.11. The summed E-state index contributed by atoms with van der Waals surface area (Å²) in [5, 5.41) is 3.74. The maximum absolute atomic E-state index is 13.1. The zero-order valence-corrected chi connectivity index (χ0v) is 19.2. The van der Waals surface area contributed by atoms with E-state index in [4.69, 9.17) is 25.5 Å². The molecule has 0 bridgehead atoms. The Morgan fingerprint density at radius 3 is 2.45 bits per heavy atom. The summed E-state index contributed by atoms with van der Waals surface area (Å²) in [5.41, 5.74) is 3.01. The highest BCUT2D eigenvalue weighted by Crippen LogP contribution is 2.27. The van der Waals surface area contributed by atoms with Crippen LogP contribution in [0, 0.1) is 13.8 Å². The van der Waals surface area contributed by atoms with E-state index in [0.717, 1.165) is 11.1 Å². The van der Waals surface area contributed by atoms with Gasteiger partial charge in [-0.05, 0) is 61.4 Å². The lowest BCUT2D eigenvalue weighted by Crippen LogP contribution is -2.20. The topological polar surface area (TPSA) is 77.8 Å². The molecule has 1 N–H and O–H groups in total. The van der Waals surface area contributed by atoms with Gasteiger partial charge in [0.15, 0.2) is 6.61 Å². The summed E-state index contributed by atoms with van der Waals surface area (Å²) in [4.78, 5) is 25.4. The molecule has 4 rings (SSSR count). The number of halogens is 1. The van der Waals surface area contributed by atoms with Gasteiger partial charge in [-0.1, -0.05) is 29.8 Å². The first-order valence-corrected chi connectivity index (χ1v) is 10.6. The van der Waals surface area contributed by atoms with E-state index in [1.807, 2.05) is 25.1 Å². The van der Waals surface area contributed by atoms with Crippen LogP contribution in [0.25, 0.3) is 22.1 Å². The molecule has 0 atom stereocenters. The molecule has 0 saturated carbocycles. The predicted molar refractivity (Wildman–Crippen MR) is 130 cm³/mol. The van der Waals surface area contributed by atoms with Crippen molar-refractivity contribution in [1.82, 2.24) is 0 Å². The maximum Gasteiger partial charge on any atom is 0.262 e. The number of anilines is 1. The fourth-order valence-electron chi connectivity index (χ4n) is 3.53. The Bertz CT molecular complexity index is 1390. The van der Waals surface area contributed by atoms with Crippen LogP contribution in [0.15, 0.2) is 69.9 Å². The molecular formula is C26H22ClNO5. The Morgan fingerprint density at radius 1 is 1.00 bits per heavy atom. The molecule has 7 heteroatoms. The molecule has 0 unspecified atom stereocenters. The quantitative estimate of drug-likeness (QED) is 0.393. The van der Waals surface area contributed by atoms with Crippen molar-refractivity contribution < 1.29 is 18.7 Å². The number of nitrogens with one attached hydrogen (secondary N) is 1. The van der Waals surface area contributed by atoms with Crippen LogP contribution in [0.1, 0.15) is 11.3 Å². The molecule has 0 fully saturated rings. The third kappa shape index (κ3) is 4.86. The minimum Gasteiger partial charge on any atom is -0.497 e. The molecular weight excluding hydrogens is 442 g/mol. The predicted octanol–water partition coefficient (Wildman–Crippen LogP) is 5.76. The van der Waals surface area contributed by atoms with Crippen LogP contribution >= 0.6 is 11.6 Å². The Hall–Kier alpha value is -3.77. The Morgan fingerprint density at radius 2 is 1.73 bits per heavy atom. The van der Waals surface area contributed by atoms with Crippen LogP contribution in [0.3, 0.4) is 0 Å². The van der Waals surface area contributed by atoms with Crippen molar-refractivity contribution in [1.29, 1.82) is 0 Å². The number of hydrogen-bond acceptors (Lipinski definition) is 5. The van der Waals surface area contributed by atoms with Gasteiger partial charge in [-0.2, -0.15) is 0 Å². The van der Waals surface area contributed by atoms with Gasteiger partial charge in [0, 0.05) is 16.8 Å². The van der Waals surface area contributed by atoms with E-state index in [-0.39, 0.29) is 17.9 Å². The Kier molecular flexibility index (Phi) is 6.38. The first kappa shape index (κ1) is 22.4. The summed E-state index contributed by atoms with van der Waals surface area (Å²) in [7, 11) is 1.59. The van der Waals surface area contributed by atoms with E-state index < -0.39 is 0 Å². The van der Waals surface area contributed by atoms with Crippen LogP contribution in [0.4, 0.5) is 5.69 Å². The highest BCUT2D eigenvalue weighted by atomic mass is 35.5. The van der Waals surface area contributed by atoms with E-state index in [2.05, 4.69) is 5.32 Å². The zero-order chi connectivity index (χ0) is 23.5. The molecule has 4 aromatic rings. The van der Waals surface area contributed by atoms with Gasteiger partial charge in [0.1, 0.15) is 22.8 Å². The molecule has 0 aliphatic rings. The highest BCUT2D eigenvalue weighted by Gasteiger charge is 2.15. The first-order chi connectivity index (χ1) is 15.9. The van der Waals surface area contributed by atoms with Crippen molar-refractivity contribution in [3.05, 3.63) is 87.2 Å². The monoisotopic (exact) mass is 463 g/mol. The third-order valence-electron chi connectivity index (χ3n) is 5.26. The number of amides is 1. The molecule has 6 nitrogen and oxygen atoms in total. The maximum atomic E-state index is 13.1. The molecule has 1 aromatic heterocycles. The molecule has 0 radical (unpaired) electrons. The number of methoxy groups -OCH3 is 1. The zero-order valence-electron chi connectivity index (χ0n) is 18.4. The molecule has 33 heavy (non-hydrogen) atoms. The lowest BCUT2D eigenvalue weighted by molar-refractivity contribution is -0.118. The molecule has 0 saturated heterocycles. The van der Waals surface area contributed by atoms with Gasteiger partial charge in [-0.15, -0.1) is 0 Å². The first-order valence-electron chi connectivity index (χ1n) is 10.3. The number of benzene rings is 3. The fraction of sp³-hybridized carbons (Fsp3) is 0.154. The van der Waals surface area contributed by atoms with E-state index in [0.29, 0.717) is 44.5 Å². The Balaban J connectivity index is 1.54. The number of aryl methyl sites for hydroxylation is 2. The molecule has 168 valence electrons. The van der Waals surface area contributed by atoms with Gasteiger partial charge in [0.2, 0.25) is 5.43 Å². The highest BCUT2D eigenvalue weighted by molar-refractivity contribution is 6.31. The Labute approximate surface area is 195 Å². The fourth-order valence-corrected chi connectivity index (χ4v) is 3.70. The van der Waals surface area contributed by atoms with Crippen LogP contribution < -0.4 is 20.2 Å². The smallest absolute Gasteiger partial charge is 0.262 e. The molecule has 3 aromatic carbocycles. The number of ether oxygens (including phenoxy) is 2. The van der Waals surface area contributed by atoms with Crippen LogP contribution in [-0.2, 0) is 4.79 Å². The average molecular weight is 464 g/mol. The molecule has 0 aliphatic carbocycles.